The molecular weight excluding hydrogens is 228 g/mol. The van der Waals surface area contributed by atoms with Crippen LogP contribution in [-0.4, -0.2) is 16.8 Å². The molecule has 94 valence electrons. The fourth-order valence-corrected chi connectivity index (χ4v) is 2.66. The molecule has 0 spiro atoms. The van der Waals surface area contributed by atoms with E-state index < -0.39 is 0 Å². The van der Waals surface area contributed by atoms with Gasteiger partial charge in [0.1, 0.15) is 17.3 Å². The first-order valence-electron chi connectivity index (χ1n) is 6.25. The van der Waals surface area contributed by atoms with Gasteiger partial charge in [-0.15, -0.1) is 0 Å². The molecule has 0 radical (unpaired) electrons. The SMILES string of the molecule is OC1=CCC2C[C@@H](c3ccc(O)cc3)COC2=C1. The predicted molar refractivity (Wildman–Crippen MR) is 68.3 cm³/mol. The summed E-state index contributed by atoms with van der Waals surface area (Å²) in [5, 5.41) is 18.7. The Morgan fingerprint density at radius 2 is 1.83 bits per heavy atom. The van der Waals surface area contributed by atoms with E-state index in [1.165, 1.54) is 5.56 Å². The Morgan fingerprint density at radius 1 is 1.06 bits per heavy atom. The number of allylic oxidation sites excluding steroid dienone is 3. The molecule has 0 bridgehead atoms. The van der Waals surface area contributed by atoms with E-state index >= 15 is 0 Å². The van der Waals surface area contributed by atoms with E-state index in [4.69, 9.17) is 4.74 Å². The highest BCUT2D eigenvalue weighted by Crippen LogP contribution is 2.38. The van der Waals surface area contributed by atoms with E-state index in [0.717, 1.165) is 18.6 Å². The summed E-state index contributed by atoms with van der Waals surface area (Å²) in [6, 6.07) is 7.34. The summed E-state index contributed by atoms with van der Waals surface area (Å²) in [5.74, 6) is 2.24. The molecule has 0 aromatic heterocycles. The summed E-state index contributed by atoms with van der Waals surface area (Å²) >= 11 is 0. The van der Waals surface area contributed by atoms with Crippen molar-refractivity contribution in [1.29, 1.82) is 0 Å². The van der Waals surface area contributed by atoms with Gasteiger partial charge in [0.25, 0.3) is 0 Å². The first-order chi connectivity index (χ1) is 8.72. The topological polar surface area (TPSA) is 49.7 Å². The van der Waals surface area contributed by atoms with Crippen molar-refractivity contribution < 1.29 is 14.9 Å². The van der Waals surface area contributed by atoms with Crippen molar-refractivity contribution in [3.05, 3.63) is 53.5 Å². The number of phenolic OH excluding ortho intramolecular Hbond substituents is 1. The summed E-state index contributed by atoms with van der Waals surface area (Å²) in [6.07, 6.45) is 5.44. The van der Waals surface area contributed by atoms with Gasteiger partial charge in [0.05, 0.1) is 6.61 Å². The highest BCUT2D eigenvalue weighted by molar-refractivity contribution is 5.30. The van der Waals surface area contributed by atoms with Gasteiger partial charge in [0.15, 0.2) is 0 Å². The number of aliphatic hydroxyl groups is 1. The van der Waals surface area contributed by atoms with Crippen LogP contribution in [0.5, 0.6) is 5.75 Å². The zero-order valence-electron chi connectivity index (χ0n) is 10.0. The molecule has 1 aromatic carbocycles. The molecular formula is C15H16O3. The van der Waals surface area contributed by atoms with E-state index in [1.807, 2.05) is 18.2 Å². The summed E-state index contributed by atoms with van der Waals surface area (Å²) in [7, 11) is 0. The number of fused-ring (bicyclic) bond motifs is 1. The first-order valence-corrected chi connectivity index (χ1v) is 6.25. The Hall–Kier alpha value is -1.90. The van der Waals surface area contributed by atoms with Crippen molar-refractivity contribution in [1.82, 2.24) is 0 Å². The minimum atomic E-state index is 0.293. The number of benzene rings is 1. The zero-order valence-corrected chi connectivity index (χ0v) is 10.0. The van der Waals surface area contributed by atoms with Crippen LogP contribution in [0.3, 0.4) is 0 Å². The van der Waals surface area contributed by atoms with E-state index in [2.05, 4.69) is 0 Å². The van der Waals surface area contributed by atoms with Crippen LogP contribution >= 0.6 is 0 Å². The van der Waals surface area contributed by atoms with Gasteiger partial charge in [-0.3, -0.25) is 0 Å². The van der Waals surface area contributed by atoms with Gasteiger partial charge in [0.2, 0.25) is 0 Å². The van der Waals surface area contributed by atoms with E-state index in [1.54, 1.807) is 18.2 Å². The van der Waals surface area contributed by atoms with Gasteiger partial charge in [-0.25, -0.2) is 0 Å². The van der Waals surface area contributed by atoms with Crippen molar-refractivity contribution in [2.24, 2.45) is 5.92 Å². The average Bonchev–Trinajstić information content (AvgIpc) is 2.39. The second-order valence-electron chi connectivity index (χ2n) is 4.94. The third-order valence-electron chi connectivity index (χ3n) is 3.69. The smallest absolute Gasteiger partial charge is 0.115 e. The maximum Gasteiger partial charge on any atom is 0.115 e. The molecule has 1 aliphatic heterocycles. The number of rotatable bonds is 1. The molecule has 1 aliphatic carbocycles. The minimum absolute atomic E-state index is 0.293. The molecule has 1 unspecified atom stereocenters. The van der Waals surface area contributed by atoms with Crippen molar-refractivity contribution in [2.75, 3.05) is 6.61 Å². The van der Waals surface area contributed by atoms with Crippen LogP contribution in [-0.2, 0) is 4.74 Å². The number of phenols is 1. The summed E-state index contributed by atoms with van der Waals surface area (Å²) < 4.78 is 5.75. The van der Waals surface area contributed by atoms with Crippen molar-refractivity contribution >= 4 is 0 Å². The number of aliphatic hydroxyl groups excluding tert-OH is 1. The van der Waals surface area contributed by atoms with E-state index in [-0.39, 0.29) is 0 Å². The standard InChI is InChI=1S/C15H16O3/c16-13-4-1-10(2-5-13)12-7-11-3-6-14(17)8-15(11)18-9-12/h1-2,4-6,8,11-12,16-17H,3,7,9H2/t11?,12-/m1/s1. The van der Waals surface area contributed by atoms with Gasteiger partial charge in [-0.1, -0.05) is 12.1 Å². The van der Waals surface area contributed by atoms with Gasteiger partial charge in [0, 0.05) is 17.9 Å². The maximum atomic E-state index is 9.44. The molecule has 2 aliphatic rings. The Bertz CT molecular complexity index is 499. The molecule has 1 saturated heterocycles. The van der Waals surface area contributed by atoms with E-state index in [0.29, 0.717) is 30.0 Å². The third-order valence-corrected chi connectivity index (χ3v) is 3.69. The van der Waals surface area contributed by atoms with E-state index in [9.17, 15) is 10.2 Å². The normalized spacial score (nSPS) is 26.7. The zero-order chi connectivity index (χ0) is 12.5. The molecule has 2 N–H and O–H groups in total. The predicted octanol–water partition coefficient (Wildman–Crippen LogP) is 3.24. The Labute approximate surface area is 106 Å². The second kappa shape index (κ2) is 4.41. The third kappa shape index (κ3) is 2.08. The molecule has 1 aromatic rings. The van der Waals surface area contributed by atoms with Gasteiger partial charge in [-0.2, -0.15) is 0 Å². The van der Waals surface area contributed by atoms with Crippen LogP contribution < -0.4 is 0 Å². The molecule has 3 nitrogen and oxygen atoms in total. The van der Waals surface area contributed by atoms with Crippen LogP contribution in [0.4, 0.5) is 0 Å². The summed E-state index contributed by atoms with van der Waals surface area (Å²) in [6.45, 7) is 0.639. The van der Waals surface area contributed by atoms with Crippen LogP contribution in [0.1, 0.15) is 24.3 Å². The first kappa shape index (κ1) is 11.2. The second-order valence-corrected chi connectivity index (χ2v) is 4.94. The van der Waals surface area contributed by atoms with Crippen LogP contribution in [0.2, 0.25) is 0 Å². The lowest BCUT2D eigenvalue weighted by Crippen LogP contribution is -2.24. The number of hydrogen-bond acceptors (Lipinski definition) is 3. The summed E-state index contributed by atoms with van der Waals surface area (Å²) in [5.41, 5.74) is 1.20. The molecule has 0 amide bonds. The van der Waals surface area contributed by atoms with Crippen molar-refractivity contribution in [2.45, 2.75) is 18.8 Å². The van der Waals surface area contributed by atoms with Gasteiger partial charge >= 0.3 is 0 Å². The average molecular weight is 244 g/mol. The highest BCUT2D eigenvalue weighted by Gasteiger charge is 2.29. The molecule has 18 heavy (non-hydrogen) atoms. The number of ether oxygens (including phenoxy) is 1. The molecule has 0 saturated carbocycles. The largest absolute Gasteiger partial charge is 0.508 e. The lowest BCUT2D eigenvalue weighted by Gasteiger charge is -2.33. The summed E-state index contributed by atoms with van der Waals surface area (Å²) in [4.78, 5) is 0. The quantitative estimate of drug-likeness (QED) is 0.797. The van der Waals surface area contributed by atoms with Crippen LogP contribution in [0.15, 0.2) is 47.9 Å². The Kier molecular flexibility index (Phi) is 2.74. The Morgan fingerprint density at radius 3 is 2.61 bits per heavy atom. The number of hydrogen-bond donors (Lipinski definition) is 2. The maximum absolute atomic E-state index is 9.44. The van der Waals surface area contributed by atoms with Crippen LogP contribution in [0.25, 0.3) is 0 Å². The van der Waals surface area contributed by atoms with Crippen molar-refractivity contribution in [3.8, 4) is 5.75 Å². The lowest BCUT2D eigenvalue weighted by atomic mass is 9.82. The lowest BCUT2D eigenvalue weighted by molar-refractivity contribution is 0.105. The molecule has 3 rings (SSSR count). The van der Waals surface area contributed by atoms with Crippen molar-refractivity contribution in [3.63, 3.8) is 0 Å². The molecule has 2 atom stereocenters. The minimum Gasteiger partial charge on any atom is -0.508 e. The molecule has 3 heteroatoms. The van der Waals surface area contributed by atoms with Crippen LogP contribution in [0, 0.1) is 5.92 Å². The monoisotopic (exact) mass is 244 g/mol. The fourth-order valence-electron chi connectivity index (χ4n) is 2.66. The van der Waals surface area contributed by atoms with Gasteiger partial charge < -0.3 is 14.9 Å². The Balaban J connectivity index is 1.76. The highest BCUT2D eigenvalue weighted by atomic mass is 16.5. The number of aromatic hydroxyl groups is 1. The fraction of sp³-hybridized carbons (Fsp3) is 0.333. The molecule has 1 heterocycles. The van der Waals surface area contributed by atoms with Gasteiger partial charge in [-0.05, 0) is 36.6 Å². The molecule has 1 fully saturated rings.